The average Bonchev–Trinajstić information content (AvgIpc) is 2.24. The molecule has 0 aliphatic carbocycles. The first-order valence-corrected chi connectivity index (χ1v) is 5.85. The second kappa shape index (κ2) is 14.9. The average molecular weight is 198 g/mol. The van der Waals surface area contributed by atoms with Gasteiger partial charge in [-0.3, -0.25) is 4.79 Å². The van der Waals surface area contributed by atoms with Crippen LogP contribution in [0.3, 0.4) is 0 Å². The van der Waals surface area contributed by atoms with Gasteiger partial charge in [-0.05, 0) is 12.8 Å². The summed E-state index contributed by atoms with van der Waals surface area (Å²) < 4.78 is 0. The van der Waals surface area contributed by atoms with Crippen LogP contribution in [0, 0.1) is 0 Å². The molecule has 0 aromatic heterocycles. The maximum Gasteiger partial charge on any atom is 0.132 e. The maximum atomic E-state index is 10.2. The molecule has 0 bridgehead atoms. The predicted octanol–water partition coefficient (Wildman–Crippen LogP) is 4.52. The minimum absolute atomic E-state index is 0.343. The molecule has 0 N–H and O–H groups in total. The second-order valence-electron chi connectivity index (χ2n) is 3.38. The number of carbonyl (C=O) groups is 1. The normalized spacial score (nSPS) is 8.79. The van der Waals surface area contributed by atoms with Crippen molar-refractivity contribution >= 4 is 5.78 Å². The van der Waals surface area contributed by atoms with E-state index in [1.54, 1.807) is 0 Å². The Morgan fingerprint density at radius 1 is 1.07 bits per heavy atom. The van der Waals surface area contributed by atoms with E-state index in [4.69, 9.17) is 0 Å². The Morgan fingerprint density at radius 2 is 1.64 bits per heavy atom. The second-order valence-corrected chi connectivity index (χ2v) is 3.38. The van der Waals surface area contributed by atoms with Crippen LogP contribution in [-0.4, -0.2) is 5.78 Å². The molecule has 0 saturated heterocycles. The van der Waals surface area contributed by atoms with Crippen molar-refractivity contribution in [3.05, 3.63) is 12.7 Å². The molecule has 0 aliphatic rings. The minimum Gasteiger partial charge on any atom is -0.300 e. The number of unbranched alkanes of at least 4 members (excludes halogenated alkanes) is 4. The molecule has 0 amide bonds. The summed E-state index contributed by atoms with van der Waals surface area (Å²) in [5.41, 5.74) is 0. The lowest BCUT2D eigenvalue weighted by Crippen LogP contribution is -1.88. The summed E-state index contributed by atoms with van der Waals surface area (Å²) >= 11 is 0. The van der Waals surface area contributed by atoms with Gasteiger partial charge in [0.15, 0.2) is 0 Å². The lowest BCUT2D eigenvalue weighted by atomic mass is 10.2. The molecule has 0 aliphatic heterocycles. The highest BCUT2D eigenvalue weighted by atomic mass is 16.1. The highest BCUT2D eigenvalue weighted by molar-refractivity contribution is 5.77. The van der Waals surface area contributed by atoms with Crippen molar-refractivity contribution in [2.75, 3.05) is 0 Å². The molecule has 0 radical (unpaired) electrons. The van der Waals surface area contributed by atoms with Crippen molar-refractivity contribution in [3.63, 3.8) is 0 Å². The van der Waals surface area contributed by atoms with E-state index in [0.717, 1.165) is 0 Å². The SMILES string of the molecule is C=CCCCCCC.CCC(=O)CC. The molecular formula is C13H26O. The lowest BCUT2D eigenvalue weighted by molar-refractivity contribution is -0.118. The van der Waals surface area contributed by atoms with E-state index >= 15 is 0 Å². The van der Waals surface area contributed by atoms with Crippen molar-refractivity contribution in [1.82, 2.24) is 0 Å². The molecule has 0 rings (SSSR count). The van der Waals surface area contributed by atoms with E-state index in [-0.39, 0.29) is 0 Å². The van der Waals surface area contributed by atoms with E-state index < -0.39 is 0 Å². The number of hydrogen-bond acceptors (Lipinski definition) is 1. The van der Waals surface area contributed by atoms with E-state index in [9.17, 15) is 4.79 Å². The van der Waals surface area contributed by atoms with Crippen LogP contribution in [-0.2, 0) is 4.79 Å². The lowest BCUT2D eigenvalue weighted by Gasteiger charge is -1.91. The van der Waals surface area contributed by atoms with Gasteiger partial charge in [-0.15, -0.1) is 6.58 Å². The summed E-state index contributed by atoms with van der Waals surface area (Å²) in [7, 11) is 0. The van der Waals surface area contributed by atoms with Crippen molar-refractivity contribution < 1.29 is 4.79 Å². The number of allylic oxidation sites excluding steroid dienone is 1. The summed E-state index contributed by atoms with van der Waals surface area (Å²) in [6, 6.07) is 0. The van der Waals surface area contributed by atoms with Gasteiger partial charge in [0, 0.05) is 12.8 Å². The van der Waals surface area contributed by atoms with Crippen LogP contribution in [0.1, 0.15) is 65.7 Å². The monoisotopic (exact) mass is 198 g/mol. The smallest absolute Gasteiger partial charge is 0.132 e. The quantitative estimate of drug-likeness (QED) is 0.434. The minimum atomic E-state index is 0.343. The van der Waals surface area contributed by atoms with Crippen LogP contribution in [0.15, 0.2) is 12.7 Å². The summed E-state index contributed by atoms with van der Waals surface area (Å²) in [4.78, 5) is 10.2. The topological polar surface area (TPSA) is 17.1 Å². The van der Waals surface area contributed by atoms with Gasteiger partial charge >= 0.3 is 0 Å². The number of ketones is 1. The molecule has 0 unspecified atom stereocenters. The number of carbonyl (C=O) groups excluding carboxylic acids is 1. The Morgan fingerprint density at radius 3 is 1.93 bits per heavy atom. The van der Waals surface area contributed by atoms with Crippen LogP contribution in [0.2, 0.25) is 0 Å². The summed E-state index contributed by atoms with van der Waals surface area (Å²) in [5, 5.41) is 0. The van der Waals surface area contributed by atoms with Crippen molar-refractivity contribution in [3.8, 4) is 0 Å². The summed E-state index contributed by atoms with van der Waals surface area (Å²) in [6.07, 6.45) is 9.99. The Kier molecular flexibility index (Phi) is 16.9. The zero-order valence-corrected chi connectivity index (χ0v) is 10.1. The number of Topliss-reactive ketones (excluding diaryl/α,β-unsaturated/α-hetero) is 1. The third kappa shape index (κ3) is 17.5. The fourth-order valence-electron chi connectivity index (χ4n) is 0.965. The number of rotatable bonds is 7. The Bertz CT molecular complexity index is 121. The van der Waals surface area contributed by atoms with Crippen LogP contribution >= 0.6 is 0 Å². The third-order valence-corrected chi connectivity index (χ3v) is 2.05. The predicted molar refractivity (Wildman–Crippen MR) is 64.5 cm³/mol. The van der Waals surface area contributed by atoms with E-state index in [2.05, 4.69) is 13.5 Å². The van der Waals surface area contributed by atoms with Crippen LogP contribution in [0.4, 0.5) is 0 Å². The van der Waals surface area contributed by atoms with Gasteiger partial charge in [0.25, 0.3) is 0 Å². The van der Waals surface area contributed by atoms with Gasteiger partial charge in [-0.2, -0.15) is 0 Å². The first-order valence-electron chi connectivity index (χ1n) is 5.85. The zero-order valence-electron chi connectivity index (χ0n) is 10.1. The van der Waals surface area contributed by atoms with Crippen LogP contribution in [0.25, 0.3) is 0 Å². The van der Waals surface area contributed by atoms with Crippen molar-refractivity contribution in [2.24, 2.45) is 0 Å². The largest absolute Gasteiger partial charge is 0.300 e. The Labute approximate surface area is 89.6 Å². The Balaban J connectivity index is 0. The number of hydrogen-bond donors (Lipinski definition) is 0. The molecule has 0 heterocycles. The van der Waals surface area contributed by atoms with Gasteiger partial charge in [-0.1, -0.05) is 46.1 Å². The van der Waals surface area contributed by atoms with Crippen LogP contribution in [0.5, 0.6) is 0 Å². The first-order chi connectivity index (χ1) is 6.72. The summed E-state index contributed by atoms with van der Waals surface area (Å²) in [6.45, 7) is 9.65. The van der Waals surface area contributed by atoms with Gasteiger partial charge < -0.3 is 0 Å². The molecule has 0 atom stereocenters. The third-order valence-electron chi connectivity index (χ3n) is 2.05. The van der Waals surface area contributed by atoms with Gasteiger partial charge in [0.05, 0.1) is 0 Å². The molecule has 0 aromatic carbocycles. The molecule has 0 saturated carbocycles. The molecule has 0 spiro atoms. The van der Waals surface area contributed by atoms with E-state index in [1.165, 1.54) is 32.1 Å². The molecule has 84 valence electrons. The first kappa shape index (κ1) is 15.9. The van der Waals surface area contributed by atoms with E-state index in [1.807, 2.05) is 19.9 Å². The molecule has 1 nitrogen and oxygen atoms in total. The van der Waals surface area contributed by atoms with Crippen molar-refractivity contribution in [2.45, 2.75) is 65.7 Å². The van der Waals surface area contributed by atoms with Crippen LogP contribution < -0.4 is 0 Å². The fraction of sp³-hybridized carbons (Fsp3) is 0.769. The molecule has 0 fully saturated rings. The van der Waals surface area contributed by atoms with Crippen molar-refractivity contribution in [1.29, 1.82) is 0 Å². The zero-order chi connectivity index (χ0) is 11.2. The fourth-order valence-corrected chi connectivity index (χ4v) is 0.965. The van der Waals surface area contributed by atoms with E-state index in [0.29, 0.717) is 18.6 Å². The maximum absolute atomic E-state index is 10.2. The molecule has 14 heavy (non-hydrogen) atoms. The highest BCUT2D eigenvalue weighted by Crippen LogP contribution is 2.01. The molecule has 0 aromatic rings. The summed E-state index contributed by atoms with van der Waals surface area (Å²) in [5.74, 6) is 0.343. The standard InChI is InChI=1S/C8H16.C5H10O/c1-3-5-7-8-6-4-2;1-3-5(6)4-2/h3H,1,4-8H2,2H3;3-4H2,1-2H3. The van der Waals surface area contributed by atoms with Gasteiger partial charge in [-0.25, -0.2) is 0 Å². The molecular weight excluding hydrogens is 172 g/mol. The van der Waals surface area contributed by atoms with Gasteiger partial charge in [0.1, 0.15) is 5.78 Å². The highest BCUT2D eigenvalue weighted by Gasteiger charge is 1.86. The Hall–Kier alpha value is -0.590. The molecule has 1 heteroatoms. The van der Waals surface area contributed by atoms with Gasteiger partial charge in [0.2, 0.25) is 0 Å².